The Kier molecular flexibility index (Phi) is 4.27. The minimum absolute atomic E-state index is 0.0425. The molecule has 0 fully saturated rings. The fourth-order valence-electron chi connectivity index (χ4n) is 1.91. The third-order valence-electron chi connectivity index (χ3n) is 2.78. The lowest BCUT2D eigenvalue weighted by molar-refractivity contribution is 0.228. The molecular formula is C12H14Br2O2. The van der Waals surface area contributed by atoms with Gasteiger partial charge in [0.1, 0.15) is 5.75 Å². The maximum atomic E-state index is 8.98. The van der Waals surface area contributed by atoms with Crippen molar-refractivity contribution >= 4 is 31.9 Å². The monoisotopic (exact) mass is 348 g/mol. The molecule has 0 radical (unpaired) electrons. The van der Waals surface area contributed by atoms with E-state index in [2.05, 4.69) is 44.0 Å². The van der Waals surface area contributed by atoms with Crippen LogP contribution < -0.4 is 4.74 Å². The van der Waals surface area contributed by atoms with E-state index in [1.165, 1.54) is 24.0 Å². The molecule has 1 aromatic rings. The molecule has 2 rings (SSSR count). The minimum atomic E-state index is -0.211. The van der Waals surface area contributed by atoms with E-state index in [4.69, 9.17) is 9.84 Å². The molecule has 16 heavy (non-hydrogen) atoms. The largest absolute Gasteiger partial charge is 0.478 e. The first-order chi connectivity index (χ1) is 7.70. The summed E-state index contributed by atoms with van der Waals surface area (Å²) in [6, 6.07) is 6.24. The Morgan fingerprint density at radius 1 is 1.25 bits per heavy atom. The molecule has 0 bridgehead atoms. The van der Waals surface area contributed by atoms with Crippen molar-refractivity contribution < 1.29 is 9.84 Å². The number of hydrogen-bond donors (Lipinski definition) is 1. The fraction of sp³-hybridized carbons (Fsp3) is 0.500. The molecule has 0 aliphatic heterocycles. The number of fused-ring (bicyclic) bond motifs is 1. The molecular weight excluding hydrogens is 336 g/mol. The summed E-state index contributed by atoms with van der Waals surface area (Å²) >= 11 is 6.73. The van der Waals surface area contributed by atoms with Crippen molar-refractivity contribution in [1.82, 2.24) is 0 Å². The first kappa shape index (κ1) is 12.4. The molecule has 2 atom stereocenters. The van der Waals surface area contributed by atoms with Crippen LogP contribution >= 0.6 is 31.9 Å². The molecule has 88 valence electrons. The second-order valence-electron chi connectivity index (χ2n) is 3.95. The second-order valence-corrected chi connectivity index (χ2v) is 6.03. The molecule has 1 aliphatic carbocycles. The Morgan fingerprint density at radius 3 is 2.75 bits per heavy atom. The topological polar surface area (TPSA) is 29.5 Å². The molecule has 0 saturated carbocycles. The first-order valence-corrected chi connectivity index (χ1v) is 7.21. The van der Waals surface area contributed by atoms with Crippen LogP contribution in [-0.4, -0.2) is 21.6 Å². The smallest absolute Gasteiger partial charge is 0.167 e. The van der Waals surface area contributed by atoms with Crippen molar-refractivity contribution in [3.8, 4) is 5.75 Å². The van der Waals surface area contributed by atoms with E-state index in [0.29, 0.717) is 0 Å². The molecule has 0 amide bonds. The quantitative estimate of drug-likeness (QED) is 0.846. The van der Waals surface area contributed by atoms with Gasteiger partial charge in [-0.15, -0.1) is 0 Å². The number of alkyl halides is 2. The molecule has 0 heterocycles. The molecule has 1 aliphatic rings. The highest BCUT2D eigenvalue weighted by atomic mass is 79.9. The summed E-state index contributed by atoms with van der Waals surface area (Å²) in [6.45, 7) is 0.0425. The van der Waals surface area contributed by atoms with Gasteiger partial charge >= 0.3 is 0 Å². The average Bonchev–Trinajstić information content (AvgIpc) is 2.75. The zero-order valence-electron chi connectivity index (χ0n) is 8.83. The fourth-order valence-corrected chi connectivity index (χ4v) is 2.40. The standard InChI is InChI=1S/C12H14Br2O2/c13-11(7-15)12(14)16-10-5-4-8-2-1-3-9(8)6-10/h4-6,11-12,15H,1-3,7H2. The van der Waals surface area contributed by atoms with Crippen molar-refractivity contribution in [2.75, 3.05) is 6.61 Å². The van der Waals surface area contributed by atoms with E-state index >= 15 is 0 Å². The number of hydrogen-bond acceptors (Lipinski definition) is 2. The van der Waals surface area contributed by atoms with Crippen LogP contribution in [0.4, 0.5) is 0 Å². The van der Waals surface area contributed by atoms with Gasteiger partial charge in [0, 0.05) is 0 Å². The third-order valence-corrected chi connectivity index (χ3v) is 5.08. The van der Waals surface area contributed by atoms with E-state index in [0.717, 1.165) is 12.2 Å². The Balaban J connectivity index is 2.05. The minimum Gasteiger partial charge on any atom is -0.478 e. The molecule has 1 aromatic carbocycles. The van der Waals surface area contributed by atoms with Crippen LogP contribution in [0.15, 0.2) is 18.2 Å². The van der Waals surface area contributed by atoms with Crippen LogP contribution in [0, 0.1) is 0 Å². The SMILES string of the molecule is OCC(Br)C(Br)Oc1ccc2c(c1)CCC2. The molecule has 1 N–H and O–H groups in total. The summed E-state index contributed by atoms with van der Waals surface area (Å²) in [4.78, 5) is -0.0965. The zero-order chi connectivity index (χ0) is 11.5. The van der Waals surface area contributed by atoms with Crippen molar-refractivity contribution in [3.05, 3.63) is 29.3 Å². The highest BCUT2D eigenvalue weighted by Gasteiger charge is 2.17. The average molecular weight is 350 g/mol. The molecule has 0 aromatic heterocycles. The number of aryl methyl sites for hydroxylation is 2. The maximum absolute atomic E-state index is 8.98. The molecule has 2 unspecified atom stereocenters. The van der Waals surface area contributed by atoms with Gasteiger partial charge in [0.25, 0.3) is 0 Å². The van der Waals surface area contributed by atoms with Gasteiger partial charge in [-0.1, -0.05) is 22.0 Å². The number of rotatable bonds is 4. The summed E-state index contributed by atoms with van der Waals surface area (Å²) in [6.07, 6.45) is 3.58. The van der Waals surface area contributed by atoms with E-state index in [-0.39, 0.29) is 16.4 Å². The van der Waals surface area contributed by atoms with Crippen LogP contribution in [0.25, 0.3) is 0 Å². The van der Waals surface area contributed by atoms with Crippen LogP contribution in [0.5, 0.6) is 5.75 Å². The van der Waals surface area contributed by atoms with Gasteiger partial charge in [-0.25, -0.2) is 0 Å². The second kappa shape index (κ2) is 5.52. The summed E-state index contributed by atoms with van der Waals surface area (Å²) in [7, 11) is 0. The van der Waals surface area contributed by atoms with Gasteiger partial charge in [0.15, 0.2) is 5.01 Å². The van der Waals surface area contributed by atoms with Gasteiger partial charge in [-0.05, 0) is 58.5 Å². The third kappa shape index (κ3) is 2.79. The highest BCUT2D eigenvalue weighted by Crippen LogP contribution is 2.28. The van der Waals surface area contributed by atoms with Crippen LogP contribution in [0.3, 0.4) is 0 Å². The molecule has 2 nitrogen and oxygen atoms in total. The highest BCUT2D eigenvalue weighted by molar-refractivity contribution is 9.12. The number of halogens is 2. The molecule has 0 spiro atoms. The van der Waals surface area contributed by atoms with Gasteiger partial charge in [-0.2, -0.15) is 0 Å². The Morgan fingerprint density at radius 2 is 2.00 bits per heavy atom. The van der Waals surface area contributed by atoms with Gasteiger partial charge < -0.3 is 9.84 Å². The van der Waals surface area contributed by atoms with Crippen LogP contribution in [0.1, 0.15) is 17.5 Å². The zero-order valence-corrected chi connectivity index (χ0v) is 12.0. The molecule has 4 heteroatoms. The Labute approximate surface area is 112 Å². The van der Waals surface area contributed by atoms with Crippen molar-refractivity contribution in [2.24, 2.45) is 0 Å². The van der Waals surface area contributed by atoms with Crippen molar-refractivity contribution in [2.45, 2.75) is 29.1 Å². The predicted octanol–water partition coefficient (Wildman–Crippen LogP) is 3.03. The normalized spacial score (nSPS) is 17.9. The molecule has 0 saturated heterocycles. The van der Waals surface area contributed by atoms with Crippen molar-refractivity contribution in [1.29, 1.82) is 0 Å². The van der Waals surface area contributed by atoms with E-state index in [1.54, 1.807) is 0 Å². The van der Waals surface area contributed by atoms with Gasteiger partial charge in [0.05, 0.1) is 11.4 Å². The number of ether oxygens (including phenoxy) is 1. The number of aliphatic hydroxyl groups excluding tert-OH is 1. The lowest BCUT2D eigenvalue weighted by Crippen LogP contribution is -2.23. The predicted molar refractivity (Wildman–Crippen MR) is 71.6 cm³/mol. The van der Waals surface area contributed by atoms with Crippen LogP contribution in [0.2, 0.25) is 0 Å². The van der Waals surface area contributed by atoms with E-state index in [9.17, 15) is 0 Å². The van der Waals surface area contributed by atoms with Crippen molar-refractivity contribution in [3.63, 3.8) is 0 Å². The Hall–Kier alpha value is -0.0600. The number of benzene rings is 1. The lowest BCUT2D eigenvalue weighted by atomic mass is 10.1. The summed E-state index contributed by atoms with van der Waals surface area (Å²) < 4.78 is 5.70. The lowest BCUT2D eigenvalue weighted by Gasteiger charge is -2.17. The van der Waals surface area contributed by atoms with Gasteiger partial charge in [0.2, 0.25) is 0 Å². The van der Waals surface area contributed by atoms with E-state index in [1.807, 2.05) is 6.07 Å². The van der Waals surface area contributed by atoms with Crippen LogP contribution in [-0.2, 0) is 12.8 Å². The number of aliphatic hydroxyl groups is 1. The summed E-state index contributed by atoms with van der Waals surface area (Å²) in [5, 5.41) is 8.77. The summed E-state index contributed by atoms with van der Waals surface area (Å²) in [5.41, 5.74) is 2.84. The Bertz CT molecular complexity index is 368. The maximum Gasteiger partial charge on any atom is 0.167 e. The first-order valence-electron chi connectivity index (χ1n) is 5.38. The van der Waals surface area contributed by atoms with Gasteiger partial charge in [-0.3, -0.25) is 0 Å². The van der Waals surface area contributed by atoms with E-state index < -0.39 is 0 Å². The summed E-state index contributed by atoms with van der Waals surface area (Å²) in [5.74, 6) is 0.862.